The maximum Gasteiger partial charge on any atom is 0.341 e. The number of anilines is 1. The first-order valence-corrected chi connectivity index (χ1v) is 10.4. The van der Waals surface area contributed by atoms with Gasteiger partial charge in [-0.1, -0.05) is 17.8 Å². The third-order valence-electron chi connectivity index (χ3n) is 3.14. The lowest BCUT2D eigenvalue weighted by Gasteiger charge is -2.07. The van der Waals surface area contributed by atoms with E-state index >= 15 is 0 Å². The van der Waals surface area contributed by atoms with Crippen molar-refractivity contribution in [3.63, 3.8) is 0 Å². The lowest BCUT2D eigenvalue weighted by molar-refractivity contribution is -0.113. The fourth-order valence-electron chi connectivity index (χ4n) is 2.10. The molecule has 3 rings (SSSR count). The van der Waals surface area contributed by atoms with Crippen molar-refractivity contribution < 1.29 is 18.7 Å². The second-order valence-electron chi connectivity index (χ2n) is 4.98. The summed E-state index contributed by atoms with van der Waals surface area (Å²) in [6, 6.07) is 3.84. The highest BCUT2D eigenvalue weighted by molar-refractivity contribution is 7.99. The molecule has 0 spiro atoms. The van der Waals surface area contributed by atoms with Crippen LogP contribution >= 0.6 is 34.4 Å². The van der Waals surface area contributed by atoms with Crippen LogP contribution in [0.4, 0.5) is 5.00 Å². The molecule has 0 aromatic carbocycles. The van der Waals surface area contributed by atoms with E-state index in [0.29, 0.717) is 21.7 Å². The third kappa shape index (κ3) is 4.32. The minimum Gasteiger partial charge on any atom is -0.462 e. The summed E-state index contributed by atoms with van der Waals surface area (Å²) in [5.74, 6) is -0.184. The SMILES string of the molecule is CCOC(=O)c1c(-c2cccs2)csc1NC(=O)CSc1nnc(C)o1. The molecule has 0 saturated carbocycles. The van der Waals surface area contributed by atoms with Crippen molar-refractivity contribution in [1.29, 1.82) is 0 Å². The van der Waals surface area contributed by atoms with E-state index in [2.05, 4.69) is 15.5 Å². The van der Waals surface area contributed by atoms with Crippen molar-refractivity contribution in [3.05, 3.63) is 34.3 Å². The van der Waals surface area contributed by atoms with E-state index in [1.54, 1.807) is 13.8 Å². The van der Waals surface area contributed by atoms with Gasteiger partial charge in [-0.2, -0.15) is 0 Å². The molecule has 0 fully saturated rings. The number of carbonyl (C=O) groups is 2. The molecule has 0 unspecified atom stereocenters. The number of nitrogens with one attached hydrogen (secondary N) is 1. The number of thiophene rings is 2. The van der Waals surface area contributed by atoms with Crippen LogP contribution in [0.1, 0.15) is 23.2 Å². The second-order valence-corrected chi connectivity index (χ2v) is 7.73. The summed E-state index contributed by atoms with van der Waals surface area (Å²) in [6.45, 7) is 3.69. The van der Waals surface area contributed by atoms with Crippen LogP contribution in [0, 0.1) is 6.92 Å². The molecule has 3 aromatic rings. The second kappa shape index (κ2) is 8.47. The van der Waals surface area contributed by atoms with Gasteiger partial charge in [-0.25, -0.2) is 4.79 Å². The first-order valence-electron chi connectivity index (χ1n) is 7.63. The van der Waals surface area contributed by atoms with Crippen molar-refractivity contribution in [2.45, 2.75) is 19.1 Å². The van der Waals surface area contributed by atoms with Crippen LogP contribution in [-0.2, 0) is 9.53 Å². The summed E-state index contributed by atoms with van der Waals surface area (Å²) in [7, 11) is 0. The molecule has 0 saturated heterocycles. The minimum atomic E-state index is -0.451. The molecule has 26 heavy (non-hydrogen) atoms. The summed E-state index contributed by atoms with van der Waals surface area (Å²) >= 11 is 3.95. The van der Waals surface area contributed by atoms with Gasteiger partial charge in [0.05, 0.1) is 12.4 Å². The molecule has 0 aliphatic rings. The Balaban J connectivity index is 1.76. The number of ether oxygens (including phenoxy) is 1. The summed E-state index contributed by atoms with van der Waals surface area (Å²) in [6.07, 6.45) is 0. The standard InChI is InChI=1S/C16H15N3O4S3/c1-3-22-15(21)13-10(11-5-4-6-24-11)7-25-14(13)17-12(20)8-26-16-19-18-9(2)23-16/h4-7H,3,8H2,1-2H3,(H,17,20). The fourth-order valence-corrected chi connectivity index (χ4v) is 4.49. The van der Waals surface area contributed by atoms with Crippen LogP contribution in [0.15, 0.2) is 32.5 Å². The molecule has 3 heterocycles. The Hall–Kier alpha value is -2.17. The number of aromatic nitrogens is 2. The number of aryl methyl sites for hydroxylation is 1. The zero-order valence-corrected chi connectivity index (χ0v) is 16.4. The molecule has 0 aliphatic heterocycles. The number of esters is 1. The molecule has 7 nitrogen and oxygen atoms in total. The van der Waals surface area contributed by atoms with Gasteiger partial charge >= 0.3 is 5.97 Å². The molecular weight excluding hydrogens is 394 g/mol. The van der Waals surface area contributed by atoms with Crippen LogP contribution in [0.25, 0.3) is 10.4 Å². The number of rotatable bonds is 7. The van der Waals surface area contributed by atoms with Gasteiger partial charge in [-0.05, 0) is 18.4 Å². The van der Waals surface area contributed by atoms with Crippen LogP contribution in [-0.4, -0.2) is 34.4 Å². The molecule has 1 amide bonds. The molecule has 0 radical (unpaired) electrons. The zero-order valence-electron chi connectivity index (χ0n) is 14.0. The highest BCUT2D eigenvalue weighted by Crippen LogP contribution is 2.38. The van der Waals surface area contributed by atoms with Crippen molar-refractivity contribution in [2.24, 2.45) is 0 Å². The minimum absolute atomic E-state index is 0.0934. The zero-order chi connectivity index (χ0) is 18.5. The molecule has 3 aromatic heterocycles. The normalized spacial score (nSPS) is 10.7. The van der Waals surface area contributed by atoms with E-state index in [1.807, 2.05) is 22.9 Å². The van der Waals surface area contributed by atoms with Crippen LogP contribution in [0.2, 0.25) is 0 Å². The van der Waals surface area contributed by atoms with Crippen molar-refractivity contribution in [3.8, 4) is 10.4 Å². The van der Waals surface area contributed by atoms with Gasteiger partial charge in [0.2, 0.25) is 11.8 Å². The third-order valence-corrected chi connectivity index (χ3v) is 5.76. The van der Waals surface area contributed by atoms with Gasteiger partial charge in [-0.3, -0.25) is 4.79 Å². The molecule has 0 bridgehead atoms. The van der Waals surface area contributed by atoms with Gasteiger partial charge in [-0.15, -0.1) is 32.9 Å². The van der Waals surface area contributed by atoms with E-state index in [4.69, 9.17) is 9.15 Å². The van der Waals surface area contributed by atoms with Crippen LogP contribution in [0.3, 0.4) is 0 Å². The summed E-state index contributed by atoms with van der Waals surface area (Å²) in [5, 5.41) is 14.9. The summed E-state index contributed by atoms with van der Waals surface area (Å²) in [5.41, 5.74) is 1.14. The Morgan fingerprint density at radius 1 is 1.35 bits per heavy atom. The number of carbonyl (C=O) groups excluding carboxylic acids is 2. The molecule has 0 aliphatic carbocycles. The molecule has 0 atom stereocenters. The predicted molar refractivity (Wildman–Crippen MR) is 102 cm³/mol. The van der Waals surface area contributed by atoms with Gasteiger partial charge in [0.1, 0.15) is 10.6 Å². The fraction of sp³-hybridized carbons (Fsp3) is 0.250. The van der Waals surface area contributed by atoms with Crippen molar-refractivity contribution in [2.75, 3.05) is 17.7 Å². The molecule has 136 valence electrons. The summed E-state index contributed by atoms with van der Waals surface area (Å²) in [4.78, 5) is 25.6. The maximum atomic E-state index is 12.4. The smallest absolute Gasteiger partial charge is 0.341 e. The largest absolute Gasteiger partial charge is 0.462 e. The highest BCUT2D eigenvalue weighted by atomic mass is 32.2. The van der Waals surface area contributed by atoms with Gasteiger partial charge in [0.15, 0.2) is 0 Å². The number of nitrogens with zero attached hydrogens (tertiary/aromatic N) is 2. The van der Waals surface area contributed by atoms with Crippen molar-refractivity contribution >= 4 is 51.3 Å². The van der Waals surface area contributed by atoms with E-state index in [0.717, 1.165) is 22.2 Å². The summed E-state index contributed by atoms with van der Waals surface area (Å²) < 4.78 is 10.4. The van der Waals surface area contributed by atoms with Gasteiger partial charge in [0.25, 0.3) is 5.22 Å². The lowest BCUT2D eigenvalue weighted by Crippen LogP contribution is -2.16. The van der Waals surface area contributed by atoms with Gasteiger partial charge in [0, 0.05) is 22.7 Å². The first kappa shape index (κ1) is 18.6. The average Bonchev–Trinajstić information content (AvgIpc) is 3.33. The monoisotopic (exact) mass is 409 g/mol. The quantitative estimate of drug-likeness (QED) is 0.464. The first-order chi connectivity index (χ1) is 12.6. The average molecular weight is 410 g/mol. The van der Waals surface area contributed by atoms with E-state index in [1.165, 1.54) is 22.7 Å². The molecule has 10 heteroatoms. The molecule has 1 N–H and O–H groups in total. The highest BCUT2D eigenvalue weighted by Gasteiger charge is 2.23. The number of thioether (sulfide) groups is 1. The Labute approximate surface area is 161 Å². The number of hydrogen-bond acceptors (Lipinski definition) is 9. The van der Waals surface area contributed by atoms with Gasteiger partial charge < -0.3 is 14.5 Å². The van der Waals surface area contributed by atoms with E-state index in [-0.39, 0.29) is 18.3 Å². The van der Waals surface area contributed by atoms with E-state index < -0.39 is 5.97 Å². The lowest BCUT2D eigenvalue weighted by atomic mass is 10.1. The Morgan fingerprint density at radius 3 is 2.85 bits per heavy atom. The predicted octanol–water partition coefficient (Wildman–Crippen LogP) is 4.08. The maximum absolute atomic E-state index is 12.4. The van der Waals surface area contributed by atoms with E-state index in [9.17, 15) is 9.59 Å². The number of hydrogen-bond donors (Lipinski definition) is 1. The topological polar surface area (TPSA) is 94.3 Å². The Bertz CT molecular complexity index is 902. The Morgan fingerprint density at radius 2 is 2.19 bits per heavy atom. The van der Waals surface area contributed by atoms with Crippen LogP contribution in [0.5, 0.6) is 0 Å². The van der Waals surface area contributed by atoms with Crippen molar-refractivity contribution in [1.82, 2.24) is 10.2 Å². The Kier molecular flexibility index (Phi) is 6.07. The van der Waals surface area contributed by atoms with Crippen LogP contribution < -0.4 is 5.32 Å². The molecular formula is C16H15N3O4S3. The number of amides is 1.